The molecule has 0 aromatic heterocycles. The molecular weight excluding hydrogens is 196 g/mol. The van der Waals surface area contributed by atoms with Crippen LogP contribution in [0.5, 0.6) is 0 Å². The van der Waals surface area contributed by atoms with Gasteiger partial charge in [0.2, 0.25) is 0 Å². The number of allylic oxidation sites excluding steroid dienone is 1. The number of hydrogen-bond donors (Lipinski definition) is 0. The molecule has 88 valence electrons. The molecule has 4 aliphatic carbocycles. The largest absolute Gasteiger partial charge is 0.299 e. The van der Waals surface area contributed by atoms with E-state index in [2.05, 4.69) is 6.58 Å². The zero-order chi connectivity index (χ0) is 11.2. The number of hydrogen-bond acceptors (Lipinski definition) is 1. The summed E-state index contributed by atoms with van der Waals surface area (Å²) in [6.07, 6.45) is 11.4. The molecule has 4 aliphatic rings. The fourth-order valence-corrected chi connectivity index (χ4v) is 4.95. The average molecular weight is 218 g/mol. The van der Waals surface area contributed by atoms with Gasteiger partial charge in [-0.1, -0.05) is 6.08 Å². The molecule has 4 fully saturated rings. The summed E-state index contributed by atoms with van der Waals surface area (Å²) in [5.41, 5.74) is 0.123. The third-order valence-electron chi connectivity index (χ3n) is 5.21. The van der Waals surface area contributed by atoms with Crippen LogP contribution in [-0.4, -0.2) is 5.78 Å². The maximum absolute atomic E-state index is 12.4. The third kappa shape index (κ3) is 1.56. The highest BCUT2D eigenvalue weighted by Crippen LogP contribution is 2.60. The van der Waals surface area contributed by atoms with Crippen molar-refractivity contribution in [3.63, 3.8) is 0 Å². The van der Waals surface area contributed by atoms with Crippen LogP contribution in [0, 0.1) is 23.2 Å². The Bertz CT molecular complexity index is 280. The second kappa shape index (κ2) is 3.72. The van der Waals surface area contributed by atoms with E-state index >= 15 is 0 Å². The normalized spacial score (nSPS) is 44.6. The Balaban J connectivity index is 1.77. The molecule has 16 heavy (non-hydrogen) atoms. The van der Waals surface area contributed by atoms with Crippen molar-refractivity contribution >= 4 is 5.78 Å². The van der Waals surface area contributed by atoms with Crippen molar-refractivity contribution in [3.8, 4) is 0 Å². The van der Waals surface area contributed by atoms with Gasteiger partial charge in [-0.25, -0.2) is 0 Å². The summed E-state index contributed by atoms with van der Waals surface area (Å²) >= 11 is 0. The van der Waals surface area contributed by atoms with Crippen molar-refractivity contribution in [2.24, 2.45) is 23.2 Å². The van der Waals surface area contributed by atoms with Crippen LogP contribution in [0.1, 0.15) is 51.4 Å². The standard InChI is InChI=1S/C15H22O/c1-2-3-4-14(16)15-8-11-5-12(9-15)7-13(6-11)10-15/h2,11-13H,1,3-10H2. The van der Waals surface area contributed by atoms with Crippen LogP contribution in [0.25, 0.3) is 0 Å². The summed E-state index contributed by atoms with van der Waals surface area (Å²) in [7, 11) is 0. The van der Waals surface area contributed by atoms with Crippen LogP contribution in [0.3, 0.4) is 0 Å². The van der Waals surface area contributed by atoms with E-state index in [0.29, 0.717) is 5.78 Å². The summed E-state index contributed by atoms with van der Waals surface area (Å²) in [4.78, 5) is 12.4. The van der Waals surface area contributed by atoms with Crippen molar-refractivity contribution in [2.75, 3.05) is 0 Å². The van der Waals surface area contributed by atoms with Gasteiger partial charge in [0.25, 0.3) is 0 Å². The molecular formula is C15H22O. The lowest BCUT2D eigenvalue weighted by Gasteiger charge is -2.56. The predicted molar refractivity (Wildman–Crippen MR) is 65.0 cm³/mol. The van der Waals surface area contributed by atoms with Gasteiger partial charge in [0.05, 0.1) is 0 Å². The van der Waals surface area contributed by atoms with E-state index < -0.39 is 0 Å². The van der Waals surface area contributed by atoms with Gasteiger partial charge in [-0.2, -0.15) is 0 Å². The lowest BCUT2D eigenvalue weighted by Crippen LogP contribution is -2.49. The fraction of sp³-hybridized carbons (Fsp3) is 0.800. The van der Waals surface area contributed by atoms with Crippen molar-refractivity contribution in [1.29, 1.82) is 0 Å². The first-order valence-electron chi connectivity index (χ1n) is 6.86. The maximum atomic E-state index is 12.4. The number of rotatable bonds is 4. The molecule has 4 rings (SSSR count). The lowest BCUT2D eigenvalue weighted by molar-refractivity contribution is -0.143. The summed E-state index contributed by atoms with van der Waals surface area (Å²) in [6, 6.07) is 0. The van der Waals surface area contributed by atoms with Gasteiger partial charge in [-0.05, 0) is 62.7 Å². The molecule has 0 atom stereocenters. The van der Waals surface area contributed by atoms with E-state index in [9.17, 15) is 4.79 Å². The van der Waals surface area contributed by atoms with E-state index in [4.69, 9.17) is 0 Å². The molecule has 4 bridgehead atoms. The van der Waals surface area contributed by atoms with Gasteiger partial charge in [0.15, 0.2) is 0 Å². The minimum absolute atomic E-state index is 0.123. The zero-order valence-electron chi connectivity index (χ0n) is 10.1. The SMILES string of the molecule is C=CCCC(=O)C12CC3CC(CC(C3)C1)C2. The summed E-state index contributed by atoms with van der Waals surface area (Å²) < 4.78 is 0. The molecule has 0 radical (unpaired) electrons. The Kier molecular flexibility index (Phi) is 2.45. The van der Waals surface area contributed by atoms with E-state index in [1.807, 2.05) is 6.08 Å². The van der Waals surface area contributed by atoms with Gasteiger partial charge in [0, 0.05) is 11.8 Å². The minimum atomic E-state index is 0.123. The highest BCUT2D eigenvalue weighted by molar-refractivity contribution is 5.85. The fourth-order valence-electron chi connectivity index (χ4n) is 4.95. The number of carbonyl (C=O) groups is 1. The molecule has 0 heterocycles. The molecule has 4 saturated carbocycles. The quantitative estimate of drug-likeness (QED) is 0.657. The van der Waals surface area contributed by atoms with Gasteiger partial charge >= 0.3 is 0 Å². The van der Waals surface area contributed by atoms with Crippen LogP contribution in [0.4, 0.5) is 0 Å². The lowest BCUT2D eigenvalue weighted by atomic mass is 9.48. The van der Waals surface area contributed by atoms with Crippen LogP contribution >= 0.6 is 0 Å². The Morgan fingerprint density at radius 2 is 1.62 bits per heavy atom. The zero-order valence-corrected chi connectivity index (χ0v) is 10.1. The van der Waals surface area contributed by atoms with Crippen LogP contribution in [0.15, 0.2) is 12.7 Å². The first-order valence-corrected chi connectivity index (χ1v) is 6.86. The Hall–Kier alpha value is -0.590. The molecule has 1 heteroatoms. The Morgan fingerprint density at radius 3 is 2.06 bits per heavy atom. The molecule has 0 saturated heterocycles. The highest BCUT2D eigenvalue weighted by Gasteiger charge is 2.53. The molecule has 0 N–H and O–H groups in total. The molecule has 0 aromatic rings. The van der Waals surface area contributed by atoms with Gasteiger partial charge < -0.3 is 0 Å². The summed E-state index contributed by atoms with van der Waals surface area (Å²) in [5.74, 6) is 3.23. The highest BCUT2D eigenvalue weighted by atomic mass is 16.1. The monoisotopic (exact) mass is 218 g/mol. The van der Waals surface area contributed by atoms with Gasteiger partial charge in [-0.15, -0.1) is 6.58 Å². The summed E-state index contributed by atoms with van der Waals surface area (Å²) in [5, 5.41) is 0. The van der Waals surface area contributed by atoms with Crippen molar-refractivity contribution < 1.29 is 4.79 Å². The first kappa shape index (κ1) is 10.6. The number of carbonyl (C=O) groups excluding carboxylic acids is 1. The molecule has 0 unspecified atom stereocenters. The van der Waals surface area contributed by atoms with Gasteiger partial charge in [-0.3, -0.25) is 4.79 Å². The number of Topliss-reactive ketones (excluding diaryl/α,β-unsaturated/α-hetero) is 1. The van der Waals surface area contributed by atoms with Crippen LogP contribution in [-0.2, 0) is 4.79 Å². The molecule has 0 amide bonds. The third-order valence-corrected chi connectivity index (χ3v) is 5.21. The van der Waals surface area contributed by atoms with Crippen LogP contribution in [0.2, 0.25) is 0 Å². The first-order chi connectivity index (χ1) is 7.72. The van der Waals surface area contributed by atoms with Crippen molar-refractivity contribution in [1.82, 2.24) is 0 Å². The predicted octanol–water partition coefficient (Wildman–Crippen LogP) is 3.74. The molecule has 0 aliphatic heterocycles. The van der Waals surface area contributed by atoms with E-state index in [1.165, 1.54) is 38.5 Å². The Labute approximate surface area is 98.3 Å². The van der Waals surface area contributed by atoms with E-state index in [-0.39, 0.29) is 5.41 Å². The maximum Gasteiger partial charge on any atom is 0.139 e. The average Bonchev–Trinajstić information content (AvgIpc) is 2.24. The molecule has 0 aromatic carbocycles. The summed E-state index contributed by atoms with van der Waals surface area (Å²) in [6.45, 7) is 3.73. The second-order valence-corrected chi connectivity index (χ2v) is 6.45. The minimum Gasteiger partial charge on any atom is -0.299 e. The topological polar surface area (TPSA) is 17.1 Å². The smallest absolute Gasteiger partial charge is 0.139 e. The molecule has 1 nitrogen and oxygen atoms in total. The second-order valence-electron chi connectivity index (χ2n) is 6.45. The number of ketones is 1. The van der Waals surface area contributed by atoms with E-state index in [0.717, 1.165) is 30.6 Å². The van der Waals surface area contributed by atoms with Crippen molar-refractivity contribution in [3.05, 3.63) is 12.7 Å². The van der Waals surface area contributed by atoms with Crippen LogP contribution < -0.4 is 0 Å². The van der Waals surface area contributed by atoms with Gasteiger partial charge in [0.1, 0.15) is 5.78 Å². The molecule has 0 spiro atoms. The van der Waals surface area contributed by atoms with E-state index in [1.54, 1.807) is 0 Å². The Morgan fingerprint density at radius 1 is 1.12 bits per heavy atom. The van der Waals surface area contributed by atoms with Crippen molar-refractivity contribution in [2.45, 2.75) is 51.4 Å².